The Hall–Kier alpha value is -4.07. The monoisotopic (exact) mass is 446 g/mol. The van der Waals surface area contributed by atoms with E-state index >= 15 is 4.39 Å². The molecule has 8 heteroatoms. The molecule has 7 nitrogen and oxygen atoms in total. The first-order chi connectivity index (χ1) is 16.0. The molecule has 0 atom stereocenters. The maximum atomic E-state index is 15.0. The van der Waals surface area contributed by atoms with Crippen LogP contribution in [-0.4, -0.2) is 33.8 Å². The number of pyridine rings is 1. The number of nitrogens with zero attached hydrogens (tertiary/aromatic N) is 1. The number of hydrogen-bond donors (Lipinski definition) is 2. The van der Waals surface area contributed by atoms with Gasteiger partial charge in [0.05, 0.1) is 29.7 Å². The van der Waals surface area contributed by atoms with Gasteiger partial charge in [-0.25, -0.2) is 9.18 Å². The zero-order valence-electron chi connectivity index (χ0n) is 17.5. The minimum atomic E-state index is -1.21. The fraction of sp³-hybridized carbons (Fsp3) is 0.200. The van der Waals surface area contributed by atoms with Crippen molar-refractivity contribution in [3.05, 3.63) is 81.2 Å². The van der Waals surface area contributed by atoms with Crippen LogP contribution in [0.3, 0.4) is 0 Å². The third-order valence-electron chi connectivity index (χ3n) is 6.34. The van der Waals surface area contributed by atoms with Crippen molar-refractivity contribution in [3.63, 3.8) is 0 Å². The smallest absolute Gasteiger partial charge is 0.353 e. The summed E-state index contributed by atoms with van der Waals surface area (Å²) in [5.74, 6) is -0.516. The van der Waals surface area contributed by atoms with Crippen LogP contribution in [0.25, 0.3) is 22.0 Å². The van der Waals surface area contributed by atoms with Crippen LogP contribution in [0, 0.1) is 5.82 Å². The highest BCUT2D eigenvalue weighted by Gasteiger charge is 2.32. The molecule has 0 saturated carbocycles. The Bertz CT molecular complexity index is 1520. The summed E-state index contributed by atoms with van der Waals surface area (Å²) < 4.78 is 27.9. The second-order valence-electron chi connectivity index (χ2n) is 8.23. The summed E-state index contributed by atoms with van der Waals surface area (Å²) in [5, 5.41) is 10.7. The number of aromatic nitrogens is 2. The number of carboxylic acids is 1. The molecule has 166 valence electrons. The van der Waals surface area contributed by atoms with Crippen LogP contribution in [0.15, 0.2) is 47.4 Å². The summed E-state index contributed by atoms with van der Waals surface area (Å²) >= 11 is 0. The molecule has 0 saturated heterocycles. The first-order valence-electron chi connectivity index (χ1n) is 10.7. The number of fused-ring (bicyclic) bond motifs is 4. The third kappa shape index (κ3) is 2.94. The molecule has 2 aliphatic rings. The van der Waals surface area contributed by atoms with Crippen LogP contribution >= 0.6 is 0 Å². The number of aromatic carboxylic acids is 1. The molecule has 0 aliphatic carbocycles. The number of nitrogens with one attached hydrogen (secondary N) is 1. The van der Waals surface area contributed by atoms with Crippen LogP contribution in [0.5, 0.6) is 11.5 Å². The largest absolute Gasteiger partial charge is 0.493 e. The van der Waals surface area contributed by atoms with E-state index in [4.69, 9.17) is 9.47 Å². The summed E-state index contributed by atoms with van der Waals surface area (Å²) in [6.45, 7) is 1.10. The Kier molecular flexibility index (Phi) is 4.29. The molecule has 0 spiro atoms. The van der Waals surface area contributed by atoms with Crippen LogP contribution < -0.4 is 15.0 Å². The summed E-state index contributed by atoms with van der Waals surface area (Å²) in [7, 11) is 0. The molecule has 0 fully saturated rings. The average molecular weight is 446 g/mol. The third-order valence-corrected chi connectivity index (χ3v) is 6.34. The predicted octanol–water partition coefficient (Wildman–Crippen LogP) is 3.75. The second kappa shape index (κ2) is 7.23. The standard InChI is InChI=1S/C25H19FN2O5/c26-17-11-18-21(23-15(17)6-9-33-23)20(16-2-1-7-27-24(16)29)22(25(30)31)28(18)12-13-3-4-19-14(10-13)5-8-32-19/h1-4,7,10-11H,5-6,8-9,12H2,(H,27,29)(H,30,31). The predicted molar refractivity (Wildman–Crippen MR) is 119 cm³/mol. The van der Waals surface area contributed by atoms with Gasteiger partial charge in [0.2, 0.25) is 0 Å². The minimum absolute atomic E-state index is 0.0817. The van der Waals surface area contributed by atoms with E-state index in [-0.39, 0.29) is 23.4 Å². The molecular weight excluding hydrogens is 427 g/mol. The molecular formula is C25H19FN2O5. The molecule has 2 N–H and O–H groups in total. The summed E-state index contributed by atoms with van der Waals surface area (Å²) in [6.07, 6.45) is 2.65. The van der Waals surface area contributed by atoms with Gasteiger partial charge in [-0.05, 0) is 35.4 Å². The molecule has 6 rings (SSSR count). The van der Waals surface area contributed by atoms with Gasteiger partial charge in [-0.1, -0.05) is 12.1 Å². The van der Waals surface area contributed by atoms with E-state index in [2.05, 4.69) is 4.98 Å². The lowest BCUT2D eigenvalue weighted by molar-refractivity contribution is 0.0687. The van der Waals surface area contributed by atoms with E-state index in [1.807, 2.05) is 18.2 Å². The second-order valence-corrected chi connectivity index (χ2v) is 8.23. The van der Waals surface area contributed by atoms with E-state index < -0.39 is 17.3 Å². The van der Waals surface area contributed by atoms with Gasteiger partial charge in [-0.3, -0.25) is 4.79 Å². The van der Waals surface area contributed by atoms with Crippen molar-refractivity contribution >= 4 is 16.9 Å². The Morgan fingerprint density at radius 2 is 2.00 bits per heavy atom. The number of benzene rings is 2. The van der Waals surface area contributed by atoms with Crippen LogP contribution in [0.2, 0.25) is 0 Å². The fourth-order valence-electron chi connectivity index (χ4n) is 4.92. The van der Waals surface area contributed by atoms with E-state index in [0.29, 0.717) is 41.9 Å². The number of aromatic amines is 1. The van der Waals surface area contributed by atoms with Gasteiger partial charge < -0.3 is 24.1 Å². The molecule has 2 aliphatic heterocycles. The van der Waals surface area contributed by atoms with Gasteiger partial charge in [0, 0.05) is 36.7 Å². The zero-order chi connectivity index (χ0) is 22.7. The number of carbonyl (C=O) groups is 1. The topological polar surface area (TPSA) is 93.6 Å². The normalized spacial score (nSPS) is 14.1. The van der Waals surface area contributed by atoms with Crippen molar-refractivity contribution in [2.24, 2.45) is 0 Å². The maximum absolute atomic E-state index is 15.0. The van der Waals surface area contributed by atoms with Gasteiger partial charge in [0.1, 0.15) is 23.0 Å². The van der Waals surface area contributed by atoms with Crippen molar-refractivity contribution in [3.8, 4) is 22.6 Å². The van der Waals surface area contributed by atoms with Crippen molar-refractivity contribution in [2.75, 3.05) is 13.2 Å². The Balaban J connectivity index is 1.68. The Morgan fingerprint density at radius 3 is 2.82 bits per heavy atom. The van der Waals surface area contributed by atoms with Crippen molar-refractivity contribution < 1.29 is 23.8 Å². The molecule has 4 heterocycles. The molecule has 2 aromatic carbocycles. The quantitative estimate of drug-likeness (QED) is 0.498. The van der Waals surface area contributed by atoms with E-state index in [1.165, 1.54) is 12.3 Å². The molecule has 0 unspecified atom stereocenters. The maximum Gasteiger partial charge on any atom is 0.353 e. The van der Waals surface area contributed by atoms with Crippen molar-refractivity contribution in [1.29, 1.82) is 0 Å². The molecule has 0 radical (unpaired) electrons. The average Bonchev–Trinajstić information content (AvgIpc) is 3.52. The molecule has 0 bridgehead atoms. The number of hydrogen-bond acceptors (Lipinski definition) is 4. The van der Waals surface area contributed by atoms with E-state index in [1.54, 1.807) is 16.7 Å². The highest BCUT2D eigenvalue weighted by molar-refractivity contribution is 6.11. The molecule has 0 amide bonds. The van der Waals surface area contributed by atoms with E-state index in [9.17, 15) is 14.7 Å². The zero-order valence-corrected chi connectivity index (χ0v) is 17.5. The van der Waals surface area contributed by atoms with Crippen LogP contribution in [-0.2, 0) is 19.4 Å². The lowest BCUT2D eigenvalue weighted by atomic mass is 10.00. The highest BCUT2D eigenvalue weighted by Crippen LogP contribution is 2.44. The molecule has 4 aromatic rings. The minimum Gasteiger partial charge on any atom is -0.493 e. The first kappa shape index (κ1) is 19.6. The molecule has 33 heavy (non-hydrogen) atoms. The number of ether oxygens (including phenoxy) is 2. The summed E-state index contributed by atoms with van der Waals surface area (Å²) in [5.41, 5.74) is 2.62. The number of H-pyrrole nitrogens is 1. The van der Waals surface area contributed by atoms with Crippen molar-refractivity contribution in [2.45, 2.75) is 19.4 Å². The number of carboxylic acid groups (broad SMARTS) is 1. The van der Waals surface area contributed by atoms with Gasteiger partial charge in [0.15, 0.2) is 0 Å². The number of rotatable bonds is 4. The SMILES string of the molecule is O=C(O)c1c(-c2ccc[nH]c2=O)c2c3c(c(F)cc2n1Cc1ccc2c(c1)CCO2)CCO3. The first-order valence-corrected chi connectivity index (χ1v) is 10.7. The fourth-order valence-corrected chi connectivity index (χ4v) is 4.92. The van der Waals surface area contributed by atoms with Gasteiger partial charge in [0.25, 0.3) is 5.56 Å². The Labute approximate surface area is 187 Å². The van der Waals surface area contributed by atoms with Crippen LogP contribution in [0.4, 0.5) is 4.39 Å². The highest BCUT2D eigenvalue weighted by atomic mass is 19.1. The van der Waals surface area contributed by atoms with Gasteiger partial charge >= 0.3 is 5.97 Å². The molecule has 2 aromatic heterocycles. The number of halogens is 1. The van der Waals surface area contributed by atoms with Gasteiger partial charge in [-0.2, -0.15) is 0 Å². The van der Waals surface area contributed by atoms with Crippen LogP contribution in [0.1, 0.15) is 27.2 Å². The van der Waals surface area contributed by atoms with Crippen molar-refractivity contribution in [1.82, 2.24) is 9.55 Å². The van der Waals surface area contributed by atoms with E-state index in [0.717, 1.165) is 23.3 Å². The lowest BCUT2D eigenvalue weighted by Gasteiger charge is -2.11. The van der Waals surface area contributed by atoms with Gasteiger partial charge in [-0.15, -0.1) is 0 Å². The lowest BCUT2D eigenvalue weighted by Crippen LogP contribution is -2.13. The summed E-state index contributed by atoms with van der Waals surface area (Å²) in [6, 6.07) is 10.3. The summed E-state index contributed by atoms with van der Waals surface area (Å²) in [4.78, 5) is 27.9. The Morgan fingerprint density at radius 1 is 1.15 bits per heavy atom.